The van der Waals surface area contributed by atoms with Crippen molar-refractivity contribution in [3.63, 3.8) is 0 Å². The zero-order valence-corrected chi connectivity index (χ0v) is 14.5. The zero-order chi connectivity index (χ0) is 17.2. The highest BCUT2D eigenvalue weighted by Crippen LogP contribution is 2.23. The molecule has 0 amide bonds. The predicted octanol–water partition coefficient (Wildman–Crippen LogP) is 2.63. The zero-order valence-electron chi connectivity index (χ0n) is 12.8. The Morgan fingerprint density at radius 2 is 2.00 bits per heavy atom. The van der Waals surface area contributed by atoms with E-state index >= 15 is 0 Å². The van der Waals surface area contributed by atoms with Gasteiger partial charge in [0, 0.05) is 0 Å². The maximum Gasteiger partial charge on any atom is 0.285 e. The highest BCUT2D eigenvalue weighted by atomic mass is 32.2. The van der Waals surface area contributed by atoms with E-state index in [4.69, 9.17) is 11.2 Å². The Hall–Kier alpha value is -2.56. The first-order valence-electron chi connectivity index (χ1n) is 7.02. The van der Waals surface area contributed by atoms with Gasteiger partial charge >= 0.3 is 0 Å². The van der Waals surface area contributed by atoms with E-state index in [1.165, 1.54) is 23.5 Å². The quantitative estimate of drug-likeness (QED) is 0.674. The third-order valence-electron chi connectivity index (χ3n) is 3.38. The first-order valence-corrected chi connectivity index (χ1v) is 9.28. The normalized spacial score (nSPS) is 12.2. The molecule has 2 aromatic carbocycles. The number of hydrogen-bond acceptors (Lipinski definition) is 4. The minimum atomic E-state index is -3.80. The molecular weight excluding hydrogens is 344 g/mol. The van der Waals surface area contributed by atoms with Crippen molar-refractivity contribution in [2.45, 2.75) is 11.4 Å². The molecule has 3 rings (SSSR count). The van der Waals surface area contributed by atoms with Crippen LogP contribution in [0.1, 0.15) is 0 Å². The number of benzene rings is 2. The van der Waals surface area contributed by atoms with Gasteiger partial charge in [0.2, 0.25) is 4.80 Å². The Morgan fingerprint density at radius 1 is 1.25 bits per heavy atom. The minimum absolute atomic E-state index is 0.146. The highest BCUT2D eigenvalue weighted by molar-refractivity contribution is 7.90. The average Bonchev–Trinajstić information content (AvgIpc) is 2.92. The van der Waals surface area contributed by atoms with E-state index in [1.807, 2.05) is 12.1 Å². The molecule has 0 aliphatic rings. The van der Waals surface area contributed by atoms with Crippen LogP contribution in [0, 0.1) is 12.3 Å². The van der Waals surface area contributed by atoms with Crippen molar-refractivity contribution in [1.82, 2.24) is 4.57 Å². The van der Waals surface area contributed by atoms with Gasteiger partial charge in [0.05, 0.1) is 28.8 Å². The van der Waals surface area contributed by atoms with Crippen LogP contribution in [0.25, 0.3) is 10.2 Å². The second-order valence-electron chi connectivity index (χ2n) is 4.89. The molecule has 24 heavy (non-hydrogen) atoms. The van der Waals surface area contributed by atoms with Gasteiger partial charge in [-0.3, -0.25) is 0 Å². The molecule has 0 atom stereocenters. The van der Waals surface area contributed by atoms with Crippen LogP contribution < -0.4 is 9.54 Å². The molecule has 1 heterocycles. The fraction of sp³-hybridized carbons (Fsp3) is 0.118. The predicted molar refractivity (Wildman–Crippen MR) is 94.4 cm³/mol. The Balaban J connectivity index is 2.25. The summed E-state index contributed by atoms with van der Waals surface area (Å²) in [7, 11) is -2.22. The minimum Gasteiger partial charge on any atom is -0.497 e. The Labute approximate surface area is 143 Å². The molecule has 0 saturated carbocycles. The smallest absolute Gasteiger partial charge is 0.285 e. The van der Waals surface area contributed by atoms with Gasteiger partial charge in [-0.25, -0.2) is 0 Å². The number of nitrogens with zero attached hydrogens (tertiary/aromatic N) is 2. The summed E-state index contributed by atoms with van der Waals surface area (Å²) >= 11 is 1.26. The number of ether oxygens (including phenoxy) is 1. The summed E-state index contributed by atoms with van der Waals surface area (Å²) in [6, 6.07) is 13.6. The van der Waals surface area contributed by atoms with E-state index in [9.17, 15) is 8.42 Å². The van der Waals surface area contributed by atoms with Gasteiger partial charge in [0.1, 0.15) is 5.75 Å². The van der Waals surface area contributed by atoms with Crippen LogP contribution in [0.3, 0.4) is 0 Å². The largest absolute Gasteiger partial charge is 0.497 e. The molecule has 3 aromatic rings. The number of fused-ring (bicyclic) bond motifs is 1. The van der Waals surface area contributed by atoms with Crippen LogP contribution in [0.15, 0.2) is 57.8 Å². The summed E-state index contributed by atoms with van der Waals surface area (Å²) in [6.45, 7) is 0.232. The van der Waals surface area contributed by atoms with Crippen LogP contribution in [-0.2, 0) is 16.6 Å². The number of sulfonamides is 1. The second kappa shape index (κ2) is 6.51. The Morgan fingerprint density at radius 3 is 2.67 bits per heavy atom. The molecule has 0 aliphatic heterocycles. The van der Waals surface area contributed by atoms with Gasteiger partial charge in [-0.1, -0.05) is 35.5 Å². The maximum absolute atomic E-state index is 12.5. The van der Waals surface area contributed by atoms with E-state index in [2.05, 4.69) is 10.3 Å². The third kappa shape index (κ3) is 3.07. The number of aromatic nitrogens is 1. The molecule has 0 spiro atoms. The molecule has 0 saturated heterocycles. The molecule has 0 bridgehead atoms. The molecule has 0 N–H and O–H groups in total. The van der Waals surface area contributed by atoms with Crippen LogP contribution >= 0.6 is 11.3 Å². The van der Waals surface area contributed by atoms with E-state index in [0.717, 1.165) is 10.2 Å². The van der Waals surface area contributed by atoms with Crippen LogP contribution in [0.5, 0.6) is 5.75 Å². The lowest BCUT2D eigenvalue weighted by Gasteiger charge is -2.02. The topological polar surface area (TPSA) is 60.7 Å². The Kier molecular flexibility index (Phi) is 4.42. The highest BCUT2D eigenvalue weighted by Gasteiger charge is 2.14. The SMILES string of the molecule is C#CCn1c(=NS(=O)(=O)c2ccccc2)sc2cc(OC)ccc21. The number of methoxy groups -OCH3 is 1. The van der Waals surface area contributed by atoms with Crippen molar-refractivity contribution in [1.29, 1.82) is 0 Å². The maximum atomic E-state index is 12.5. The van der Waals surface area contributed by atoms with Gasteiger partial charge in [0.15, 0.2) is 0 Å². The molecule has 0 fully saturated rings. The summed E-state index contributed by atoms with van der Waals surface area (Å²) in [4.78, 5) is 0.479. The molecule has 5 nitrogen and oxygen atoms in total. The van der Waals surface area contributed by atoms with Gasteiger partial charge in [-0.15, -0.1) is 10.8 Å². The summed E-state index contributed by atoms with van der Waals surface area (Å²) < 4.78 is 36.8. The van der Waals surface area contributed by atoms with Crippen LogP contribution in [-0.4, -0.2) is 20.1 Å². The average molecular weight is 358 g/mol. The lowest BCUT2D eigenvalue weighted by Crippen LogP contribution is -2.16. The number of thiazole rings is 1. The molecule has 7 heteroatoms. The second-order valence-corrected chi connectivity index (χ2v) is 7.50. The number of terminal acetylenes is 1. The summed E-state index contributed by atoms with van der Waals surface area (Å²) in [5, 5.41) is 0. The summed E-state index contributed by atoms with van der Waals surface area (Å²) in [5.74, 6) is 3.23. The van der Waals surface area contributed by atoms with E-state index in [0.29, 0.717) is 10.6 Å². The van der Waals surface area contributed by atoms with E-state index in [1.54, 1.807) is 35.9 Å². The van der Waals surface area contributed by atoms with Gasteiger partial charge in [-0.2, -0.15) is 8.42 Å². The number of hydrogen-bond donors (Lipinski definition) is 0. The van der Waals surface area contributed by atoms with Crippen LogP contribution in [0.4, 0.5) is 0 Å². The summed E-state index contributed by atoms with van der Waals surface area (Å²) in [6.07, 6.45) is 5.43. The lowest BCUT2D eigenvalue weighted by molar-refractivity contribution is 0.415. The molecule has 122 valence electrons. The monoisotopic (exact) mass is 358 g/mol. The molecule has 0 radical (unpaired) electrons. The van der Waals surface area contributed by atoms with Crippen molar-refractivity contribution < 1.29 is 13.2 Å². The van der Waals surface area contributed by atoms with Crippen molar-refractivity contribution >= 4 is 31.6 Å². The van der Waals surface area contributed by atoms with Crippen molar-refractivity contribution in [2.75, 3.05) is 7.11 Å². The first-order chi connectivity index (χ1) is 11.5. The number of rotatable bonds is 4. The Bertz CT molecular complexity index is 1090. The van der Waals surface area contributed by atoms with Gasteiger partial charge in [0.25, 0.3) is 10.0 Å². The van der Waals surface area contributed by atoms with Gasteiger partial charge in [-0.05, 0) is 30.3 Å². The van der Waals surface area contributed by atoms with E-state index < -0.39 is 10.0 Å². The molecular formula is C17H14N2O3S2. The standard InChI is InChI=1S/C17H14N2O3S2/c1-3-11-19-15-10-9-13(22-2)12-16(15)23-17(19)18-24(20,21)14-7-5-4-6-8-14/h1,4-10,12H,11H2,2H3. The fourth-order valence-corrected chi connectivity index (χ4v) is 4.52. The first kappa shape index (κ1) is 16.3. The van der Waals surface area contributed by atoms with Crippen molar-refractivity contribution in [3.05, 3.63) is 53.3 Å². The summed E-state index contributed by atoms with van der Waals surface area (Å²) in [5.41, 5.74) is 0.820. The fourth-order valence-electron chi connectivity index (χ4n) is 2.24. The third-order valence-corrected chi connectivity index (χ3v) is 5.82. The van der Waals surface area contributed by atoms with Crippen molar-refractivity contribution in [3.8, 4) is 18.1 Å². The molecule has 0 aliphatic carbocycles. The molecule has 0 unspecified atom stereocenters. The van der Waals surface area contributed by atoms with Crippen LogP contribution in [0.2, 0.25) is 0 Å². The van der Waals surface area contributed by atoms with E-state index in [-0.39, 0.29) is 11.4 Å². The van der Waals surface area contributed by atoms with Gasteiger partial charge < -0.3 is 9.30 Å². The molecule has 1 aromatic heterocycles. The van der Waals surface area contributed by atoms with Crippen molar-refractivity contribution in [2.24, 2.45) is 4.40 Å². The lowest BCUT2D eigenvalue weighted by atomic mass is 10.3.